The molecule has 0 saturated carbocycles. The van der Waals surface area contributed by atoms with Gasteiger partial charge in [-0.1, -0.05) is 18.2 Å². The third-order valence-electron chi connectivity index (χ3n) is 2.25. The Morgan fingerprint density at radius 2 is 2.13 bits per heavy atom. The average Bonchev–Trinajstić information content (AvgIpc) is 2.62. The van der Waals surface area contributed by atoms with E-state index in [0.29, 0.717) is 13.1 Å². The average molecular weight is 223 g/mol. The van der Waals surface area contributed by atoms with Crippen LogP contribution in [0, 0.1) is 0 Å². The lowest BCUT2D eigenvalue weighted by atomic mass is 10.2. The van der Waals surface area contributed by atoms with Crippen molar-refractivity contribution in [1.82, 2.24) is 9.29 Å². The van der Waals surface area contributed by atoms with E-state index in [9.17, 15) is 8.76 Å². The second kappa shape index (κ2) is 4.57. The normalized spacial score (nSPS) is 13.1. The smallest absolute Gasteiger partial charge is 0.0480 e. The van der Waals surface area contributed by atoms with Crippen LogP contribution in [0.4, 0.5) is 0 Å². The molecule has 80 valence electrons. The van der Waals surface area contributed by atoms with Gasteiger partial charge in [-0.2, -0.15) is 0 Å². The lowest BCUT2D eigenvalue weighted by molar-refractivity contribution is 0.519. The molecule has 2 aromatic rings. The molecule has 0 bridgehead atoms. The van der Waals surface area contributed by atoms with Gasteiger partial charge in [-0.05, 0) is 17.5 Å². The van der Waals surface area contributed by atoms with Crippen molar-refractivity contribution in [2.75, 3.05) is 6.54 Å². The highest BCUT2D eigenvalue weighted by molar-refractivity contribution is 7.77. The highest BCUT2D eigenvalue weighted by Crippen LogP contribution is 2.14. The molecule has 0 spiro atoms. The second-order valence-electron chi connectivity index (χ2n) is 3.20. The van der Waals surface area contributed by atoms with E-state index in [0.717, 1.165) is 5.52 Å². The maximum Gasteiger partial charge on any atom is 0.0480 e. The Morgan fingerprint density at radius 1 is 1.33 bits per heavy atom. The summed E-state index contributed by atoms with van der Waals surface area (Å²) in [5.41, 5.74) is 1.12. The number of fused-ring (bicyclic) bond motifs is 1. The van der Waals surface area contributed by atoms with E-state index in [1.807, 2.05) is 41.1 Å². The molecule has 0 aliphatic carbocycles. The second-order valence-corrected chi connectivity index (χ2v) is 3.96. The fourth-order valence-corrected chi connectivity index (χ4v) is 1.84. The number of hydrogen-bond acceptors (Lipinski definition) is 2. The molecule has 0 saturated heterocycles. The Morgan fingerprint density at radius 3 is 2.93 bits per heavy atom. The molecule has 4 nitrogen and oxygen atoms in total. The van der Waals surface area contributed by atoms with Crippen LogP contribution in [0.5, 0.6) is 0 Å². The van der Waals surface area contributed by atoms with Crippen LogP contribution < -0.4 is 4.72 Å². The van der Waals surface area contributed by atoms with Crippen LogP contribution >= 0.6 is 0 Å². The van der Waals surface area contributed by atoms with Gasteiger partial charge in [0.15, 0.2) is 0 Å². The number of nitrogens with zero attached hydrogens (tertiary/aromatic N) is 1. The zero-order valence-corrected chi connectivity index (χ0v) is 8.87. The standard InChI is InChI=1S/C10H12N2O2S/c13-15(14)11-6-8-12-7-5-9-3-1-2-4-10(9)12/h1-5,7,11H,6,8H2,(H,13,14)/p-1. The van der Waals surface area contributed by atoms with Crippen LogP contribution in [0.15, 0.2) is 36.5 Å². The lowest BCUT2D eigenvalue weighted by Crippen LogP contribution is -2.21. The van der Waals surface area contributed by atoms with Crippen molar-refractivity contribution in [1.29, 1.82) is 0 Å². The van der Waals surface area contributed by atoms with Crippen molar-refractivity contribution in [2.24, 2.45) is 0 Å². The van der Waals surface area contributed by atoms with E-state index >= 15 is 0 Å². The summed E-state index contributed by atoms with van der Waals surface area (Å²) in [4.78, 5) is 0. The number of benzene rings is 1. The molecule has 1 unspecified atom stereocenters. The number of para-hydroxylation sites is 1. The molecule has 0 radical (unpaired) electrons. The van der Waals surface area contributed by atoms with Gasteiger partial charge in [0.25, 0.3) is 0 Å². The fraction of sp³-hybridized carbons (Fsp3) is 0.200. The van der Waals surface area contributed by atoms with Crippen molar-refractivity contribution < 1.29 is 8.76 Å². The quantitative estimate of drug-likeness (QED) is 0.787. The molecule has 1 heterocycles. The van der Waals surface area contributed by atoms with Crippen molar-refractivity contribution in [3.63, 3.8) is 0 Å². The Labute approximate surface area is 90.3 Å². The monoisotopic (exact) mass is 223 g/mol. The van der Waals surface area contributed by atoms with Gasteiger partial charge < -0.3 is 9.12 Å². The summed E-state index contributed by atoms with van der Waals surface area (Å²) in [7, 11) is 0. The Bertz CT molecular complexity index is 481. The van der Waals surface area contributed by atoms with E-state index in [1.165, 1.54) is 5.39 Å². The topological polar surface area (TPSA) is 57.1 Å². The molecule has 1 aromatic heterocycles. The number of rotatable bonds is 4. The lowest BCUT2D eigenvalue weighted by Gasteiger charge is -2.08. The van der Waals surface area contributed by atoms with Crippen LogP contribution in [0.1, 0.15) is 0 Å². The van der Waals surface area contributed by atoms with E-state index in [-0.39, 0.29) is 0 Å². The number of nitrogens with one attached hydrogen (secondary N) is 1. The molecule has 0 amide bonds. The summed E-state index contributed by atoms with van der Waals surface area (Å²) >= 11 is -2.17. The first-order valence-electron chi connectivity index (χ1n) is 4.64. The summed E-state index contributed by atoms with van der Waals surface area (Å²) in [5.74, 6) is 0. The highest BCUT2D eigenvalue weighted by Gasteiger charge is 1.98. The van der Waals surface area contributed by atoms with Crippen molar-refractivity contribution in [3.8, 4) is 0 Å². The zero-order chi connectivity index (χ0) is 10.7. The van der Waals surface area contributed by atoms with Crippen LogP contribution in [0.2, 0.25) is 0 Å². The molecule has 1 atom stereocenters. The molecular weight excluding hydrogens is 212 g/mol. The Hall–Kier alpha value is -1.17. The summed E-state index contributed by atoms with van der Waals surface area (Å²) in [6.07, 6.45) is 1.96. The van der Waals surface area contributed by atoms with Crippen LogP contribution in [0.25, 0.3) is 10.9 Å². The molecule has 5 heteroatoms. The van der Waals surface area contributed by atoms with E-state index in [2.05, 4.69) is 4.72 Å². The van der Waals surface area contributed by atoms with Crippen molar-refractivity contribution in [3.05, 3.63) is 36.5 Å². The van der Waals surface area contributed by atoms with Gasteiger partial charge in [-0.15, -0.1) is 0 Å². The predicted octanol–water partition coefficient (Wildman–Crippen LogP) is 1.02. The molecule has 15 heavy (non-hydrogen) atoms. The highest BCUT2D eigenvalue weighted by atomic mass is 32.2. The van der Waals surface area contributed by atoms with Crippen LogP contribution in [-0.4, -0.2) is 19.9 Å². The van der Waals surface area contributed by atoms with Gasteiger partial charge in [0, 0.05) is 36.1 Å². The minimum absolute atomic E-state index is 0.411. The zero-order valence-electron chi connectivity index (χ0n) is 8.05. The first kappa shape index (κ1) is 10.4. The first-order valence-corrected chi connectivity index (χ1v) is 5.71. The van der Waals surface area contributed by atoms with Crippen molar-refractivity contribution in [2.45, 2.75) is 6.54 Å². The van der Waals surface area contributed by atoms with Crippen LogP contribution in [0.3, 0.4) is 0 Å². The summed E-state index contributed by atoms with van der Waals surface area (Å²) < 4.78 is 24.9. The van der Waals surface area contributed by atoms with Crippen molar-refractivity contribution >= 4 is 22.2 Å². The molecular formula is C10H11N2O2S-. The third kappa shape index (κ3) is 2.44. The predicted molar refractivity (Wildman–Crippen MR) is 58.9 cm³/mol. The maximum atomic E-state index is 10.3. The van der Waals surface area contributed by atoms with Gasteiger partial charge in [0.1, 0.15) is 0 Å². The summed E-state index contributed by atoms with van der Waals surface area (Å²) in [5, 5.41) is 1.17. The molecule has 1 N–H and O–H groups in total. The Kier molecular flexibility index (Phi) is 3.15. The molecule has 2 rings (SSSR count). The van der Waals surface area contributed by atoms with Crippen LogP contribution in [-0.2, 0) is 17.8 Å². The van der Waals surface area contributed by atoms with Gasteiger partial charge in [0.05, 0.1) is 0 Å². The fourth-order valence-electron chi connectivity index (χ4n) is 1.59. The first-order chi connectivity index (χ1) is 7.27. The maximum absolute atomic E-state index is 10.3. The van der Waals surface area contributed by atoms with E-state index in [4.69, 9.17) is 0 Å². The number of aromatic nitrogens is 1. The summed E-state index contributed by atoms with van der Waals surface area (Å²) in [6, 6.07) is 10.0. The summed E-state index contributed by atoms with van der Waals surface area (Å²) in [6.45, 7) is 1.05. The van der Waals surface area contributed by atoms with E-state index in [1.54, 1.807) is 0 Å². The minimum Gasteiger partial charge on any atom is -0.760 e. The molecule has 0 fully saturated rings. The van der Waals surface area contributed by atoms with Gasteiger partial charge in [-0.3, -0.25) is 4.21 Å². The number of hydrogen-bond donors (Lipinski definition) is 1. The SMILES string of the molecule is O=S([O-])NCCn1ccc2ccccc21. The van der Waals surface area contributed by atoms with Gasteiger partial charge in [-0.25, -0.2) is 4.72 Å². The molecule has 0 aliphatic heterocycles. The van der Waals surface area contributed by atoms with E-state index < -0.39 is 11.3 Å². The van der Waals surface area contributed by atoms with Gasteiger partial charge in [0.2, 0.25) is 0 Å². The largest absolute Gasteiger partial charge is 0.760 e. The molecule has 1 aromatic carbocycles. The molecule has 0 aliphatic rings. The van der Waals surface area contributed by atoms with Gasteiger partial charge >= 0.3 is 0 Å². The Balaban J connectivity index is 2.11. The minimum atomic E-state index is -2.17. The third-order valence-corrected chi connectivity index (χ3v) is 2.69.